The van der Waals surface area contributed by atoms with Crippen LogP contribution in [0.5, 0.6) is 0 Å². The number of aryl methyl sites for hydroxylation is 2. The van der Waals surface area contributed by atoms with Gasteiger partial charge in [0.15, 0.2) is 0 Å². The summed E-state index contributed by atoms with van der Waals surface area (Å²) < 4.78 is 40.4. The number of carbonyl (C=O) groups excluding carboxylic acids is 2. The first-order valence-corrected chi connectivity index (χ1v) is 10.1. The molecule has 0 aliphatic heterocycles. The number of aromatic nitrogens is 2. The molecule has 1 aromatic heterocycles. The molecule has 2 amide bonds. The number of alkyl halides is 3. The largest absolute Gasteiger partial charge is 0.417 e. The summed E-state index contributed by atoms with van der Waals surface area (Å²) in [5, 5.41) is 8.72. The van der Waals surface area contributed by atoms with Gasteiger partial charge < -0.3 is 10.6 Å². The molecule has 3 rings (SSSR count). The number of anilines is 2. The maximum Gasteiger partial charge on any atom is 0.417 e. The van der Waals surface area contributed by atoms with Crippen LogP contribution in [0.15, 0.2) is 60.9 Å². The molecule has 0 unspecified atom stereocenters. The van der Waals surface area contributed by atoms with Crippen LogP contribution in [0.2, 0.25) is 5.02 Å². The van der Waals surface area contributed by atoms with Crippen molar-refractivity contribution in [1.82, 2.24) is 9.78 Å². The first kappa shape index (κ1) is 23.3. The molecule has 2 aromatic carbocycles. The van der Waals surface area contributed by atoms with Gasteiger partial charge >= 0.3 is 6.18 Å². The molecule has 10 heteroatoms. The molecule has 0 saturated carbocycles. The lowest BCUT2D eigenvalue weighted by atomic mass is 10.1. The van der Waals surface area contributed by atoms with E-state index in [0.29, 0.717) is 12.2 Å². The van der Waals surface area contributed by atoms with Crippen molar-refractivity contribution in [3.8, 4) is 0 Å². The summed E-state index contributed by atoms with van der Waals surface area (Å²) in [5.41, 5.74) is 0.574. The Balaban J connectivity index is 1.45. The van der Waals surface area contributed by atoms with Crippen LogP contribution in [0, 0.1) is 0 Å². The Morgan fingerprint density at radius 1 is 0.969 bits per heavy atom. The molecule has 0 aliphatic rings. The van der Waals surface area contributed by atoms with Crippen molar-refractivity contribution in [2.45, 2.75) is 32.0 Å². The summed E-state index contributed by atoms with van der Waals surface area (Å²) in [6.45, 7) is 0.642. The Morgan fingerprint density at radius 3 is 2.28 bits per heavy atom. The topological polar surface area (TPSA) is 76.0 Å². The minimum Gasteiger partial charge on any atom is -0.326 e. The van der Waals surface area contributed by atoms with Crippen LogP contribution in [0.3, 0.4) is 0 Å². The minimum atomic E-state index is -4.64. The van der Waals surface area contributed by atoms with Crippen LogP contribution in [0.1, 0.15) is 24.0 Å². The summed E-state index contributed by atoms with van der Waals surface area (Å²) in [4.78, 5) is 24.1. The van der Waals surface area contributed by atoms with E-state index < -0.39 is 28.6 Å². The Kier molecular flexibility index (Phi) is 7.53. The lowest BCUT2D eigenvalue weighted by molar-refractivity contribution is -0.137. The smallest absolute Gasteiger partial charge is 0.326 e. The highest BCUT2D eigenvalue weighted by molar-refractivity contribution is 6.31. The molecule has 0 spiro atoms. The van der Waals surface area contributed by atoms with Crippen molar-refractivity contribution < 1.29 is 22.8 Å². The van der Waals surface area contributed by atoms with Crippen molar-refractivity contribution in [2.75, 3.05) is 10.6 Å². The van der Waals surface area contributed by atoms with E-state index >= 15 is 0 Å². The fourth-order valence-electron chi connectivity index (χ4n) is 2.93. The van der Waals surface area contributed by atoms with E-state index in [4.69, 9.17) is 11.6 Å². The molecule has 0 atom stereocenters. The van der Waals surface area contributed by atoms with Crippen LogP contribution in [0.25, 0.3) is 0 Å². The zero-order chi connectivity index (χ0) is 23.1. The van der Waals surface area contributed by atoms with Gasteiger partial charge in [-0.05, 0) is 30.2 Å². The molecule has 168 valence electrons. The zero-order valence-electron chi connectivity index (χ0n) is 16.8. The summed E-state index contributed by atoms with van der Waals surface area (Å²) in [5.74, 6) is -0.996. The molecule has 0 fully saturated rings. The van der Waals surface area contributed by atoms with Crippen LogP contribution in [0.4, 0.5) is 24.5 Å². The van der Waals surface area contributed by atoms with Gasteiger partial charge in [-0.2, -0.15) is 18.3 Å². The number of amides is 2. The molecule has 0 bridgehead atoms. The molecule has 6 nitrogen and oxygen atoms in total. The Morgan fingerprint density at radius 2 is 1.62 bits per heavy atom. The van der Waals surface area contributed by atoms with Crippen LogP contribution < -0.4 is 10.6 Å². The first-order chi connectivity index (χ1) is 15.2. The second-order valence-electron chi connectivity index (χ2n) is 7.02. The molecule has 0 radical (unpaired) electrons. The van der Waals surface area contributed by atoms with Gasteiger partial charge in [0.1, 0.15) is 0 Å². The lowest BCUT2D eigenvalue weighted by Crippen LogP contribution is -2.17. The van der Waals surface area contributed by atoms with E-state index in [1.54, 1.807) is 10.9 Å². The third kappa shape index (κ3) is 6.84. The fraction of sp³-hybridized carbons (Fsp3) is 0.227. The Labute approximate surface area is 187 Å². The average Bonchev–Trinajstić information content (AvgIpc) is 3.19. The second-order valence-corrected chi connectivity index (χ2v) is 7.42. The van der Waals surface area contributed by atoms with Gasteiger partial charge in [-0.3, -0.25) is 14.3 Å². The minimum absolute atomic E-state index is 0.0492. The lowest BCUT2D eigenvalue weighted by Gasteiger charge is -2.11. The molecule has 3 aromatic rings. The quantitative estimate of drug-likeness (QED) is 0.483. The number of nitrogens with zero attached hydrogens (tertiary/aromatic N) is 2. The monoisotopic (exact) mass is 464 g/mol. The SMILES string of the molecule is O=C(CCC(=O)Nc1cnn(CCc2ccccc2)c1)Nc1ccc(Cl)c(C(F)(F)F)c1. The van der Waals surface area contributed by atoms with Gasteiger partial charge in [-0.25, -0.2) is 0 Å². The summed E-state index contributed by atoms with van der Waals surface area (Å²) in [6, 6.07) is 13.0. The normalized spacial score (nSPS) is 11.2. The molecular formula is C22H20ClF3N4O2. The zero-order valence-corrected chi connectivity index (χ0v) is 17.6. The van der Waals surface area contributed by atoms with Crippen molar-refractivity contribution in [3.05, 3.63) is 77.1 Å². The molecule has 2 N–H and O–H groups in total. The second kappa shape index (κ2) is 10.3. The highest BCUT2D eigenvalue weighted by Gasteiger charge is 2.33. The number of carbonyl (C=O) groups is 2. The number of hydrogen-bond donors (Lipinski definition) is 2. The molecule has 32 heavy (non-hydrogen) atoms. The number of hydrogen-bond acceptors (Lipinski definition) is 3. The number of nitrogens with one attached hydrogen (secondary N) is 2. The van der Waals surface area contributed by atoms with Gasteiger partial charge in [0.2, 0.25) is 11.8 Å². The number of halogens is 4. The van der Waals surface area contributed by atoms with Crippen molar-refractivity contribution >= 4 is 34.8 Å². The highest BCUT2D eigenvalue weighted by Crippen LogP contribution is 2.36. The molecule has 0 saturated heterocycles. The Bertz CT molecular complexity index is 1080. The Hall–Kier alpha value is -3.33. The fourth-order valence-corrected chi connectivity index (χ4v) is 3.16. The highest BCUT2D eigenvalue weighted by atomic mass is 35.5. The van der Waals surface area contributed by atoms with Gasteiger partial charge in [-0.15, -0.1) is 0 Å². The number of benzene rings is 2. The number of rotatable bonds is 8. The summed E-state index contributed by atoms with van der Waals surface area (Å²) >= 11 is 5.56. The van der Waals surface area contributed by atoms with E-state index in [1.165, 1.54) is 17.8 Å². The third-order valence-electron chi connectivity index (χ3n) is 4.52. The van der Waals surface area contributed by atoms with E-state index in [-0.39, 0.29) is 18.5 Å². The van der Waals surface area contributed by atoms with Gasteiger partial charge in [0.25, 0.3) is 0 Å². The van der Waals surface area contributed by atoms with Gasteiger partial charge in [-0.1, -0.05) is 41.9 Å². The van der Waals surface area contributed by atoms with Crippen LogP contribution in [-0.2, 0) is 28.7 Å². The molecule has 0 aliphatic carbocycles. The average molecular weight is 465 g/mol. The van der Waals surface area contributed by atoms with E-state index in [9.17, 15) is 22.8 Å². The van der Waals surface area contributed by atoms with Gasteiger partial charge in [0, 0.05) is 31.3 Å². The van der Waals surface area contributed by atoms with Gasteiger partial charge in [0.05, 0.1) is 22.5 Å². The van der Waals surface area contributed by atoms with E-state index in [1.807, 2.05) is 30.3 Å². The van der Waals surface area contributed by atoms with E-state index in [0.717, 1.165) is 18.6 Å². The maximum absolute atomic E-state index is 12.9. The maximum atomic E-state index is 12.9. The van der Waals surface area contributed by atoms with Crippen LogP contribution in [-0.4, -0.2) is 21.6 Å². The standard InChI is InChI=1S/C22H20ClF3N4O2/c23-19-7-6-16(12-18(19)22(24,25)26)28-20(31)8-9-21(32)29-17-13-27-30(14-17)11-10-15-4-2-1-3-5-15/h1-7,12-14H,8-11H2,(H,28,31)(H,29,32). The predicted molar refractivity (Wildman–Crippen MR) is 115 cm³/mol. The molecular weight excluding hydrogens is 445 g/mol. The van der Waals surface area contributed by atoms with Crippen molar-refractivity contribution in [1.29, 1.82) is 0 Å². The first-order valence-electron chi connectivity index (χ1n) is 9.73. The van der Waals surface area contributed by atoms with Crippen molar-refractivity contribution in [3.63, 3.8) is 0 Å². The summed E-state index contributed by atoms with van der Waals surface area (Å²) in [7, 11) is 0. The van der Waals surface area contributed by atoms with Crippen LogP contribution >= 0.6 is 11.6 Å². The third-order valence-corrected chi connectivity index (χ3v) is 4.85. The molecule has 1 heterocycles. The predicted octanol–water partition coefficient (Wildman–Crippen LogP) is 5.16. The van der Waals surface area contributed by atoms with Crippen molar-refractivity contribution in [2.24, 2.45) is 0 Å². The van der Waals surface area contributed by atoms with E-state index in [2.05, 4.69) is 15.7 Å². The summed E-state index contributed by atoms with van der Waals surface area (Å²) in [6.07, 6.45) is -0.985.